The maximum Gasteiger partial charge on any atom is 0.513 e. The second-order valence-corrected chi connectivity index (χ2v) is 5.24. The molecule has 2 aromatic carbocycles. The van der Waals surface area contributed by atoms with Crippen LogP contribution in [0.4, 0.5) is 4.79 Å². The average Bonchev–Trinajstić information content (AvgIpc) is 2.53. The van der Waals surface area contributed by atoms with E-state index < -0.39 is 12.1 Å². The summed E-state index contributed by atoms with van der Waals surface area (Å²) in [6, 6.07) is 11.1. The Kier molecular flexibility index (Phi) is 6.28. The molecule has 0 aliphatic rings. The molecule has 0 aromatic heterocycles. The van der Waals surface area contributed by atoms with E-state index in [0.717, 1.165) is 0 Å². The lowest BCUT2D eigenvalue weighted by atomic mass is 10.2. The molecule has 0 heterocycles. The van der Waals surface area contributed by atoms with Crippen LogP contribution < -0.4 is 9.47 Å². The summed E-state index contributed by atoms with van der Waals surface area (Å²) in [4.78, 5) is 21.8. The van der Waals surface area contributed by atoms with Gasteiger partial charge in [-0.25, -0.2) is 9.59 Å². The molecule has 1 N–H and O–H groups in total. The fourth-order valence-corrected chi connectivity index (χ4v) is 2.17. The minimum atomic E-state index is -1.69. The topological polar surface area (TPSA) is 82.1 Å². The number of carbonyl (C=O) groups excluding carboxylic acids is 1. The molecule has 0 saturated heterocycles. The number of ether oxygens (including phenoxy) is 3. The molecule has 2 rings (SSSR count). The second kappa shape index (κ2) is 8.42. The van der Waals surface area contributed by atoms with Gasteiger partial charge in [0.15, 0.2) is 0 Å². The van der Waals surface area contributed by atoms with Gasteiger partial charge in [0.25, 0.3) is 0 Å². The largest absolute Gasteiger partial charge is 0.513 e. The molecule has 0 saturated carbocycles. The number of carboxylic acid groups (broad SMARTS) is 1. The van der Waals surface area contributed by atoms with Gasteiger partial charge in [-0.3, -0.25) is 0 Å². The fraction of sp³-hybridized carbons (Fsp3) is 0.125. The van der Waals surface area contributed by atoms with E-state index in [2.05, 4.69) is 4.74 Å². The van der Waals surface area contributed by atoms with Crippen LogP contribution in [0.1, 0.15) is 10.4 Å². The van der Waals surface area contributed by atoms with Gasteiger partial charge < -0.3 is 19.3 Å². The van der Waals surface area contributed by atoms with Gasteiger partial charge in [-0.1, -0.05) is 35.3 Å². The first-order chi connectivity index (χ1) is 11.5. The van der Waals surface area contributed by atoms with Crippen molar-refractivity contribution >= 4 is 35.3 Å². The van der Waals surface area contributed by atoms with Crippen LogP contribution >= 0.6 is 23.2 Å². The van der Waals surface area contributed by atoms with Crippen molar-refractivity contribution in [3.63, 3.8) is 0 Å². The van der Waals surface area contributed by atoms with Crippen LogP contribution in [0.15, 0.2) is 42.5 Å². The Morgan fingerprint density at radius 2 is 1.54 bits per heavy atom. The summed E-state index contributed by atoms with van der Waals surface area (Å²) in [6.45, 7) is 0.437. The number of hydrogen-bond acceptors (Lipinski definition) is 5. The van der Waals surface area contributed by atoms with Crippen LogP contribution in [0.2, 0.25) is 10.0 Å². The Morgan fingerprint density at radius 1 is 0.917 bits per heavy atom. The number of esters is 1. The van der Waals surface area contributed by atoms with Crippen LogP contribution in [0, 0.1) is 0 Å². The van der Waals surface area contributed by atoms with Crippen molar-refractivity contribution in [3.8, 4) is 11.5 Å². The zero-order valence-electron chi connectivity index (χ0n) is 12.2. The standard InChI is InChI=1S/C16H12Cl2O6/c17-11-3-1-2-4-13(11)22-7-8-23-14-6-5-10(9-12(14)18)15(19)24-16(20)21/h1-6,9H,7-8H2,(H,20,21). The highest BCUT2D eigenvalue weighted by atomic mass is 35.5. The summed E-state index contributed by atoms with van der Waals surface area (Å²) < 4.78 is 14.9. The fourth-order valence-electron chi connectivity index (χ4n) is 1.75. The molecule has 8 heteroatoms. The molecule has 24 heavy (non-hydrogen) atoms. The van der Waals surface area contributed by atoms with Crippen LogP contribution in [-0.2, 0) is 4.74 Å². The zero-order valence-corrected chi connectivity index (χ0v) is 13.7. The second-order valence-electron chi connectivity index (χ2n) is 4.43. The van der Waals surface area contributed by atoms with Gasteiger partial charge in [0.05, 0.1) is 15.6 Å². The van der Waals surface area contributed by atoms with Gasteiger partial charge >= 0.3 is 12.1 Å². The van der Waals surface area contributed by atoms with Crippen LogP contribution in [0.5, 0.6) is 11.5 Å². The number of benzene rings is 2. The summed E-state index contributed by atoms with van der Waals surface area (Å²) in [5, 5.41) is 9.04. The summed E-state index contributed by atoms with van der Waals surface area (Å²) in [5.41, 5.74) is 0.00191. The summed E-state index contributed by atoms with van der Waals surface area (Å²) >= 11 is 11.9. The van der Waals surface area contributed by atoms with E-state index in [9.17, 15) is 9.59 Å². The van der Waals surface area contributed by atoms with Gasteiger partial charge in [0.1, 0.15) is 24.7 Å². The molecular weight excluding hydrogens is 359 g/mol. The third-order valence-corrected chi connectivity index (χ3v) is 3.39. The van der Waals surface area contributed by atoms with E-state index in [-0.39, 0.29) is 23.8 Å². The highest BCUT2D eigenvalue weighted by molar-refractivity contribution is 6.32. The number of carbonyl (C=O) groups is 2. The Balaban J connectivity index is 1.88. The highest BCUT2D eigenvalue weighted by Crippen LogP contribution is 2.26. The van der Waals surface area contributed by atoms with Crippen molar-refractivity contribution < 1.29 is 28.9 Å². The maximum absolute atomic E-state index is 11.4. The third kappa shape index (κ3) is 5.04. The Bertz CT molecular complexity index is 747. The number of hydrogen-bond donors (Lipinski definition) is 1. The third-order valence-electron chi connectivity index (χ3n) is 2.78. The van der Waals surface area contributed by atoms with E-state index in [1.807, 2.05) is 0 Å². The van der Waals surface area contributed by atoms with Gasteiger partial charge in [-0.2, -0.15) is 0 Å². The molecule has 0 spiro atoms. The Hall–Kier alpha value is -2.44. The average molecular weight is 371 g/mol. The normalized spacial score (nSPS) is 10.1. The first kappa shape index (κ1) is 17.9. The maximum atomic E-state index is 11.4. The van der Waals surface area contributed by atoms with Crippen molar-refractivity contribution in [1.82, 2.24) is 0 Å². The predicted octanol–water partition coefficient (Wildman–Crippen LogP) is 4.29. The molecule has 126 valence electrons. The summed E-state index contributed by atoms with van der Waals surface area (Å²) in [6.07, 6.45) is -1.69. The molecule has 0 fully saturated rings. The summed E-state index contributed by atoms with van der Waals surface area (Å²) in [7, 11) is 0. The molecule has 0 atom stereocenters. The van der Waals surface area contributed by atoms with Gasteiger partial charge in [0, 0.05) is 0 Å². The van der Waals surface area contributed by atoms with E-state index >= 15 is 0 Å². The van der Waals surface area contributed by atoms with E-state index in [1.54, 1.807) is 24.3 Å². The van der Waals surface area contributed by atoms with Crippen LogP contribution in [-0.4, -0.2) is 30.4 Å². The summed E-state index contributed by atoms with van der Waals surface area (Å²) in [5.74, 6) is -0.148. The zero-order chi connectivity index (χ0) is 17.5. The van der Waals surface area contributed by atoms with Gasteiger partial charge in [0.2, 0.25) is 0 Å². The molecule has 0 bridgehead atoms. The predicted molar refractivity (Wildman–Crippen MR) is 87.3 cm³/mol. The first-order valence-electron chi connectivity index (χ1n) is 6.72. The molecule has 0 radical (unpaired) electrons. The molecular formula is C16H12Cl2O6. The molecule has 0 aliphatic heterocycles. The lowest BCUT2D eigenvalue weighted by molar-refractivity contribution is 0.0509. The number of rotatable bonds is 6. The smallest absolute Gasteiger partial charge is 0.488 e. The van der Waals surface area contributed by atoms with Crippen molar-refractivity contribution in [3.05, 3.63) is 58.1 Å². The van der Waals surface area contributed by atoms with Crippen molar-refractivity contribution in [1.29, 1.82) is 0 Å². The molecule has 0 unspecified atom stereocenters. The monoisotopic (exact) mass is 370 g/mol. The Labute approximate surface area is 147 Å². The molecule has 6 nitrogen and oxygen atoms in total. The van der Waals surface area contributed by atoms with E-state index in [1.165, 1.54) is 18.2 Å². The quantitative estimate of drug-likeness (QED) is 0.464. The highest BCUT2D eigenvalue weighted by Gasteiger charge is 2.14. The van der Waals surface area contributed by atoms with Crippen molar-refractivity contribution in [2.24, 2.45) is 0 Å². The van der Waals surface area contributed by atoms with E-state index in [4.69, 9.17) is 37.8 Å². The lowest BCUT2D eigenvalue weighted by Gasteiger charge is -2.11. The van der Waals surface area contributed by atoms with Crippen molar-refractivity contribution in [2.75, 3.05) is 13.2 Å². The number of halogens is 2. The van der Waals surface area contributed by atoms with Crippen LogP contribution in [0.3, 0.4) is 0 Å². The number of para-hydroxylation sites is 1. The Morgan fingerprint density at radius 3 is 2.12 bits per heavy atom. The van der Waals surface area contributed by atoms with Gasteiger partial charge in [-0.05, 0) is 30.3 Å². The lowest BCUT2D eigenvalue weighted by Crippen LogP contribution is -2.11. The molecule has 2 aromatic rings. The minimum absolute atomic E-state index is 0.00191. The van der Waals surface area contributed by atoms with Gasteiger partial charge in [-0.15, -0.1) is 0 Å². The molecule has 0 aliphatic carbocycles. The van der Waals surface area contributed by atoms with E-state index in [0.29, 0.717) is 16.5 Å². The SMILES string of the molecule is O=C(O)OC(=O)c1ccc(OCCOc2ccccc2Cl)c(Cl)c1. The minimum Gasteiger partial charge on any atom is -0.488 e. The molecule has 0 amide bonds. The van der Waals surface area contributed by atoms with Crippen LogP contribution in [0.25, 0.3) is 0 Å². The first-order valence-corrected chi connectivity index (χ1v) is 7.47. The van der Waals surface area contributed by atoms with Crippen molar-refractivity contribution in [2.45, 2.75) is 0 Å².